The predicted octanol–water partition coefficient (Wildman–Crippen LogP) is 2.21. The van der Waals surface area contributed by atoms with Crippen LogP contribution in [-0.4, -0.2) is 31.6 Å². The van der Waals surface area contributed by atoms with Gasteiger partial charge in [-0.05, 0) is 19.3 Å². The van der Waals surface area contributed by atoms with Crippen LogP contribution in [0.2, 0.25) is 0 Å². The zero-order valence-electron chi connectivity index (χ0n) is 8.84. The number of carbonyl (C=O) groups is 1. The molecule has 0 aromatic rings. The number of hydrogen-bond donors (Lipinski definition) is 1. The standard InChI is InChI=1S/C10H17F2NO2/c1-7(4-8-2-3-8)13-10(14)15-9(5-11)6-12/h7-9H,2-6H2,1H3,(H,13,14). The summed E-state index contributed by atoms with van der Waals surface area (Å²) in [6.07, 6.45) is 1.32. The van der Waals surface area contributed by atoms with Crippen LogP contribution in [0.4, 0.5) is 13.6 Å². The predicted molar refractivity (Wildman–Crippen MR) is 52.2 cm³/mol. The Labute approximate surface area is 88.2 Å². The maximum atomic E-state index is 12.0. The molecular formula is C10H17F2NO2. The minimum Gasteiger partial charge on any atom is -0.441 e. The van der Waals surface area contributed by atoms with E-state index in [0.29, 0.717) is 5.92 Å². The van der Waals surface area contributed by atoms with Crippen molar-refractivity contribution in [2.75, 3.05) is 13.3 Å². The highest BCUT2D eigenvalue weighted by molar-refractivity contribution is 5.67. The maximum Gasteiger partial charge on any atom is 0.407 e. The first-order valence-corrected chi connectivity index (χ1v) is 5.24. The van der Waals surface area contributed by atoms with E-state index in [1.165, 1.54) is 12.8 Å². The number of amides is 1. The quantitative estimate of drug-likeness (QED) is 0.746. The number of halogens is 2. The Bertz CT molecular complexity index is 206. The van der Waals surface area contributed by atoms with Crippen LogP contribution in [0.15, 0.2) is 0 Å². The van der Waals surface area contributed by atoms with E-state index in [9.17, 15) is 13.6 Å². The summed E-state index contributed by atoms with van der Waals surface area (Å²) < 4.78 is 28.6. The molecule has 0 aliphatic heterocycles. The van der Waals surface area contributed by atoms with Gasteiger partial charge in [0.2, 0.25) is 0 Å². The molecule has 0 spiro atoms. The summed E-state index contributed by atoms with van der Waals surface area (Å²) in [7, 11) is 0. The third-order valence-electron chi connectivity index (χ3n) is 2.37. The van der Waals surface area contributed by atoms with E-state index >= 15 is 0 Å². The van der Waals surface area contributed by atoms with Crippen molar-refractivity contribution in [3.05, 3.63) is 0 Å². The molecule has 3 nitrogen and oxygen atoms in total. The Kier molecular flexibility index (Phi) is 4.78. The first-order valence-electron chi connectivity index (χ1n) is 5.24. The average molecular weight is 221 g/mol. The molecule has 1 amide bonds. The molecular weight excluding hydrogens is 204 g/mol. The summed E-state index contributed by atoms with van der Waals surface area (Å²) in [6.45, 7) is -0.110. The van der Waals surface area contributed by atoms with E-state index in [1.807, 2.05) is 6.92 Å². The number of alkyl halides is 2. The number of carbonyl (C=O) groups excluding carboxylic acids is 1. The van der Waals surface area contributed by atoms with Gasteiger partial charge >= 0.3 is 6.09 Å². The molecule has 88 valence electrons. The zero-order valence-corrected chi connectivity index (χ0v) is 8.84. The van der Waals surface area contributed by atoms with Crippen molar-refractivity contribution >= 4 is 6.09 Å². The van der Waals surface area contributed by atoms with Crippen molar-refractivity contribution in [3.8, 4) is 0 Å². The van der Waals surface area contributed by atoms with Gasteiger partial charge in [-0.3, -0.25) is 0 Å². The molecule has 0 aromatic heterocycles. The van der Waals surface area contributed by atoms with Crippen LogP contribution < -0.4 is 5.32 Å². The molecule has 1 fully saturated rings. The average Bonchev–Trinajstić information content (AvgIpc) is 2.97. The fraction of sp³-hybridized carbons (Fsp3) is 0.900. The Morgan fingerprint density at radius 3 is 2.53 bits per heavy atom. The van der Waals surface area contributed by atoms with Crippen molar-refractivity contribution in [2.45, 2.75) is 38.3 Å². The van der Waals surface area contributed by atoms with Crippen LogP contribution >= 0.6 is 0 Å². The van der Waals surface area contributed by atoms with Gasteiger partial charge in [-0.2, -0.15) is 0 Å². The van der Waals surface area contributed by atoms with Crippen molar-refractivity contribution in [2.24, 2.45) is 5.92 Å². The fourth-order valence-electron chi connectivity index (χ4n) is 1.40. The third kappa shape index (κ3) is 4.95. The first-order chi connectivity index (χ1) is 7.15. The van der Waals surface area contributed by atoms with Gasteiger partial charge in [0.15, 0.2) is 6.10 Å². The molecule has 1 aliphatic carbocycles. The third-order valence-corrected chi connectivity index (χ3v) is 2.37. The molecule has 1 atom stereocenters. The number of nitrogens with one attached hydrogen (secondary N) is 1. The van der Waals surface area contributed by atoms with Gasteiger partial charge in [0.25, 0.3) is 0 Å². The summed E-state index contributed by atoms with van der Waals surface area (Å²) >= 11 is 0. The van der Waals surface area contributed by atoms with Crippen LogP contribution in [-0.2, 0) is 4.74 Å². The van der Waals surface area contributed by atoms with Gasteiger partial charge in [-0.1, -0.05) is 12.8 Å². The topological polar surface area (TPSA) is 38.3 Å². The second kappa shape index (κ2) is 5.88. The summed E-state index contributed by atoms with van der Waals surface area (Å²) in [5, 5.41) is 2.56. The highest BCUT2D eigenvalue weighted by atomic mass is 19.1. The SMILES string of the molecule is CC(CC1CC1)NC(=O)OC(CF)CF. The molecule has 1 rings (SSSR count). The van der Waals surface area contributed by atoms with E-state index in [-0.39, 0.29) is 6.04 Å². The van der Waals surface area contributed by atoms with Crippen LogP contribution in [0.1, 0.15) is 26.2 Å². The molecule has 1 unspecified atom stereocenters. The lowest BCUT2D eigenvalue weighted by atomic mass is 10.2. The number of hydrogen-bond acceptors (Lipinski definition) is 2. The van der Waals surface area contributed by atoms with Crippen molar-refractivity contribution in [1.82, 2.24) is 5.32 Å². The van der Waals surface area contributed by atoms with Crippen LogP contribution in [0, 0.1) is 5.92 Å². The summed E-state index contributed by atoms with van der Waals surface area (Å²) in [5.74, 6) is 0.693. The van der Waals surface area contributed by atoms with Gasteiger partial charge in [0.1, 0.15) is 13.3 Å². The molecule has 0 heterocycles. The Hall–Kier alpha value is -0.870. The maximum absolute atomic E-state index is 12.0. The second-order valence-corrected chi connectivity index (χ2v) is 4.06. The zero-order chi connectivity index (χ0) is 11.3. The van der Waals surface area contributed by atoms with Crippen LogP contribution in [0.3, 0.4) is 0 Å². The Morgan fingerprint density at radius 1 is 1.47 bits per heavy atom. The number of rotatable bonds is 6. The molecule has 1 saturated carbocycles. The molecule has 0 saturated heterocycles. The minimum atomic E-state index is -1.27. The lowest BCUT2D eigenvalue weighted by Gasteiger charge is -2.16. The van der Waals surface area contributed by atoms with E-state index in [0.717, 1.165) is 6.42 Å². The van der Waals surface area contributed by atoms with Gasteiger partial charge < -0.3 is 10.1 Å². The van der Waals surface area contributed by atoms with Crippen molar-refractivity contribution < 1.29 is 18.3 Å². The highest BCUT2D eigenvalue weighted by Crippen LogP contribution is 2.33. The number of alkyl carbamates (subject to hydrolysis) is 1. The second-order valence-electron chi connectivity index (χ2n) is 4.06. The highest BCUT2D eigenvalue weighted by Gasteiger charge is 2.25. The fourth-order valence-corrected chi connectivity index (χ4v) is 1.40. The molecule has 15 heavy (non-hydrogen) atoms. The van der Waals surface area contributed by atoms with Gasteiger partial charge in [0.05, 0.1) is 0 Å². The Balaban J connectivity index is 2.15. The van der Waals surface area contributed by atoms with Gasteiger partial charge in [-0.25, -0.2) is 13.6 Å². The smallest absolute Gasteiger partial charge is 0.407 e. The number of ether oxygens (including phenoxy) is 1. The molecule has 5 heteroatoms. The minimum absolute atomic E-state index is 0.00451. The molecule has 1 N–H and O–H groups in total. The van der Waals surface area contributed by atoms with E-state index in [2.05, 4.69) is 10.1 Å². The normalized spacial score (nSPS) is 17.6. The van der Waals surface area contributed by atoms with Gasteiger partial charge in [-0.15, -0.1) is 0 Å². The summed E-state index contributed by atoms with van der Waals surface area (Å²) in [6, 6.07) is 0.00451. The van der Waals surface area contributed by atoms with Crippen molar-refractivity contribution in [3.63, 3.8) is 0 Å². The summed E-state index contributed by atoms with van der Waals surface area (Å²) in [4.78, 5) is 11.1. The molecule has 0 radical (unpaired) electrons. The first kappa shape index (κ1) is 12.2. The summed E-state index contributed by atoms with van der Waals surface area (Å²) in [5.41, 5.74) is 0. The van der Waals surface area contributed by atoms with E-state index in [4.69, 9.17) is 0 Å². The molecule has 0 bridgehead atoms. The van der Waals surface area contributed by atoms with Gasteiger partial charge in [0, 0.05) is 6.04 Å². The van der Waals surface area contributed by atoms with Crippen LogP contribution in [0.25, 0.3) is 0 Å². The Morgan fingerprint density at radius 2 is 2.07 bits per heavy atom. The lowest BCUT2D eigenvalue weighted by Crippen LogP contribution is -2.36. The molecule has 1 aliphatic rings. The van der Waals surface area contributed by atoms with Crippen molar-refractivity contribution in [1.29, 1.82) is 0 Å². The monoisotopic (exact) mass is 221 g/mol. The molecule has 0 aromatic carbocycles. The van der Waals surface area contributed by atoms with E-state index < -0.39 is 25.5 Å². The van der Waals surface area contributed by atoms with Crippen LogP contribution in [0.5, 0.6) is 0 Å². The lowest BCUT2D eigenvalue weighted by molar-refractivity contribution is 0.0635. The largest absolute Gasteiger partial charge is 0.441 e. The van der Waals surface area contributed by atoms with E-state index in [1.54, 1.807) is 0 Å².